The number of aromatic nitrogens is 1. The number of H-pyrrole nitrogens is 1. The van der Waals surface area contributed by atoms with Gasteiger partial charge in [-0.3, -0.25) is 9.19 Å². The Balaban J connectivity index is 3.12. The van der Waals surface area contributed by atoms with Crippen molar-refractivity contribution in [2.24, 2.45) is 0 Å². The number of hydrogen-bond donors (Lipinski definition) is 1. The van der Waals surface area contributed by atoms with Crippen molar-refractivity contribution >= 4 is 11.1 Å². The van der Waals surface area contributed by atoms with Crippen molar-refractivity contribution < 1.29 is 13.2 Å². The summed E-state index contributed by atoms with van der Waals surface area (Å²) in [6.07, 6.45) is 0.839. The molecule has 0 bridgehead atoms. The quantitative estimate of drug-likeness (QED) is 0.528. The first kappa shape index (κ1) is 6.24. The van der Waals surface area contributed by atoms with Crippen LogP contribution >= 0.6 is 0 Å². The summed E-state index contributed by atoms with van der Waals surface area (Å²) in [4.78, 5) is 12.0. The molecule has 1 N–H and O–H groups in total. The highest BCUT2D eigenvalue weighted by Crippen LogP contribution is 1.93. The van der Waals surface area contributed by atoms with Crippen molar-refractivity contribution in [2.45, 2.75) is 5.03 Å². The highest BCUT2D eigenvalue weighted by molar-refractivity contribution is 7.79. The lowest BCUT2D eigenvalue weighted by atomic mass is 11.0. The SMILES string of the molecule is O=c1[nH]c(S(=O)[O-])co1. The van der Waals surface area contributed by atoms with Crippen LogP contribution in [0.5, 0.6) is 0 Å². The third-order valence-electron chi connectivity index (χ3n) is 0.678. The zero-order chi connectivity index (χ0) is 6.85. The second-order valence-electron chi connectivity index (χ2n) is 1.25. The monoisotopic (exact) mass is 148 g/mol. The predicted octanol–water partition coefficient (Wildman–Crippen LogP) is -0.794. The molecule has 0 aliphatic carbocycles. The Bertz CT molecular complexity index is 273. The Morgan fingerprint density at radius 3 is 2.67 bits per heavy atom. The lowest BCUT2D eigenvalue weighted by molar-refractivity contribution is 0.511. The number of hydrogen-bond acceptors (Lipinski definition) is 4. The molecule has 0 saturated carbocycles. The molecule has 50 valence electrons. The normalized spacial score (nSPS) is 13.4. The van der Waals surface area contributed by atoms with Crippen LogP contribution < -0.4 is 5.76 Å². The highest BCUT2D eigenvalue weighted by Gasteiger charge is 1.94. The molecule has 0 fully saturated rings. The van der Waals surface area contributed by atoms with Crippen LogP contribution in [0.3, 0.4) is 0 Å². The van der Waals surface area contributed by atoms with E-state index in [-0.39, 0.29) is 5.03 Å². The van der Waals surface area contributed by atoms with E-state index in [0.29, 0.717) is 0 Å². The maximum Gasteiger partial charge on any atom is 0.417 e. The summed E-state index contributed by atoms with van der Waals surface area (Å²) in [7, 11) is 0. The zero-order valence-electron chi connectivity index (χ0n) is 4.12. The second kappa shape index (κ2) is 2.16. The minimum Gasteiger partial charge on any atom is -0.767 e. The Kier molecular flexibility index (Phi) is 1.50. The molecule has 1 aromatic heterocycles. The average Bonchev–Trinajstić information content (AvgIpc) is 2.14. The molecule has 0 spiro atoms. The van der Waals surface area contributed by atoms with Gasteiger partial charge in [0.2, 0.25) is 0 Å². The van der Waals surface area contributed by atoms with Gasteiger partial charge in [0.1, 0.15) is 11.3 Å². The minimum absolute atomic E-state index is 0.236. The maximum absolute atomic E-state index is 10.1. The fraction of sp³-hybridized carbons (Fsp3) is 0. The highest BCUT2D eigenvalue weighted by atomic mass is 32.2. The molecule has 0 saturated heterocycles. The fourth-order valence-electron chi connectivity index (χ4n) is 0.348. The van der Waals surface area contributed by atoms with Gasteiger partial charge in [0.25, 0.3) is 0 Å². The van der Waals surface area contributed by atoms with Crippen LogP contribution in [0.1, 0.15) is 0 Å². The molecule has 0 aliphatic rings. The molecular formula is C3H2NO4S-. The molecule has 0 radical (unpaired) electrons. The maximum atomic E-state index is 10.1. The number of oxazole rings is 1. The molecule has 0 aliphatic heterocycles. The van der Waals surface area contributed by atoms with E-state index in [4.69, 9.17) is 0 Å². The third kappa shape index (κ3) is 1.27. The van der Waals surface area contributed by atoms with Gasteiger partial charge >= 0.3 is 5.76 Å². The van der Waals surface area contributed by atoms with Gasteiger partial charge in [-0.15, -0.1) is 0 Å². The van der Waals surface area contributed by atoms with Crippen molar-refractivity contribution in [3.63, 3.8) is 0 Å². The Hall–Kier alpha value is -0.880. The largest absolute Gasteiger partial charge is 0.767 e. The molecule has 1 heterocycles. The lowest BCUT2D eigenvalue weighted by Gasteiger charge is -1.95. The molecule has 1 aromatic rings. The lowest BCUT2D eigenvalue weighted by Crippen LogP contribution is -1.97. The van der Waals surface area contributed by atoms with Crippen molar-refractivity contribution in [2.75, 3.05) is 0 Å². The molecule has 0 aromatic carbocycles. The Morgan fingerprint density at radius 1 is 1.78 bits per heavy atom. The number of aromatic amines is 1. The van der Waals surface area contributed by atoms with Gasteiger partial charge < -0.3 is 8.97 Å². The fourth-order valence-corrected chi connectivity index (χ4v) is 0.641. The smallest absolute Gasteiger partial charge is 0.417 e. The summed E-state index contributed by atoms with van der Waals surface area (Å²) in [6, 6.07) is 0. The van der Waals surface area contributed by atoms with E-state index in [1.165, 1.54) is 0 Å². The van der Waals surface area contributed by atoms with Gasteiger partial charge in [0.05, 0.1) is 0 Å². The molecule has 5 nitrogen and oxygen atoms in total. The summed E-state index contributed by atoms with van der Waals surface area (Å²) < 4.78 is 24.1. The topological polar surface area (TPSA) is 86.1 Å². The van der Waals surface area contributed by atoms with Gasteiger partial charge in [-0.05, 0) is 11.1 Å². The van der Waals surface area contributed by atoms with Gasteiger partial charge in [0.15, 0.2) is 0 Å². The first-order chi connectivity index (χ1) is 4.20. The molecule has 6 heteroatoms. The second-order valence-corrected chi connectivity index (χ2v) is 2.16. The van der Waals surface area contributed by atoms with E-state index in [0.717, 1.165) is 6.26 Å². The van der Waals surface area contributed by atoms with Crippen LogP contribution in [0.25, 0.3) is 0 Å². The van der Waals surface area contributed by atoms with E-state index >= 15 is 0 Å². The van der Waals surface area contributed by atoms with E-state index in [1.807, 2.05) is 4.98 Å². The predicted molar refractivity (Wildman–Crippen MR) is 26.5 cm³/mol. The third-order valence-corrected chi connectivity index (χ3v) is 1.24. The van der Waals surface area contributed by atoms with Gasteiger partial charge in [0, 0.05) is 0 Å². The zero-order valence-corrected chi connectivity index (χ0v) is 4.94. The van der Waals surface area contributed by atoms with Crippen LogP contribution in [-0.4, -0.2) is 13.7 Å². The van der Waals surface area contributed by atoms with Crippen molar-refractivity contribution in [3.8, 4) is 0 Å². The van der Waals surface area contributed by atoms with Crippen molar-refractivity contribution in [1.82, 2.24) is 4.98 Å². The Morgan fingerprint density at radius 2 is 2.44 bits per heavy atom. The first-order valence-electron chi connectivity index (χ1n) is 1.97. The molecule has 0 amide bonds. The van der Waals surface area contributed by atoms with Crippen molar-refractivity contribution in [3.05, 3.63) is 16.8 Å². The first-order valence-corrected chi connectivity index (χ1v) is 3.04. The molecule has 1 atom stereocenters. The summed E-state index contributed by atoms with van der Waals surface area (Å²) in [6.45, 7) is 0. The van der Waals surface area contributed by atoms with Gasteiger partial charge in [-0.2, -0.15) is 0 Å². The van der Waals surface area contributed by atoms with E-state index in [9.17, 15) is 13.6 Å². The van der Waals surface area contributed by atoms with Gasteiger partial charge in [-0.1, -0.05) is 0 Å². The van der Waals surface area contributed by atoms with E-state index in [1.54, 1.807) is 0 Å². The number of nitrogens with one attached hydrogen (secondary N) is 1. The molecule has 1 rings (SSSR count). The van der Waals surface area contributed by atoms with Gasteiger partial charge in [-0.25, -0.2) is 4.79 Å². The van der Waals surface area contributed by atoms with Crippen molar-refractivity contribution in [1.29, 1.82) is 0 Å². The molecule has 9 heavy (non-hydrogen) atoms. The van der Waals surface area contributed by atoms with Crippen LogP contribution in [0.15, 0.2) is 20.5 Å². The van der Waals surface area contributed by atoms with E-state index < -0.39 is 16.8 Å². The van der Waals surface area contributed by atoms with Crippen LogP contribution in [0.2, 0.25) is 0 Å². The van der Waals surface area contributed by atoms with Crippen LogP contribution in [-0.2, 0) is 11.1 Å². The van der Waals surface area contributed by atoms with Crippen LogP contribution in [0, 0.1) is 0 Å². The van der Waals surface area contributed by atoms with E-state index in [2.05, 4.69) is 4.42 Å². The molecule has 1 unspecified atom stereocenters. The summed E-state index contributed by atoms with van der Waals surface area (Å²) >= 11 is -2.41. The van der Waals surface area contributed by atoms with Crippen LogP contribution in [0.4, 0.5) is 0 Å². The summed E-state index contributed by atoms with van der Waals surface area (Å²) in [5.41, 5.74) is 0. The number of rotatable bonds is 1. The summed E-state index contributed by atoms with van der Waals surface area (Å²) in [5, 5.41) is -0.236. The summed E-state index contributed by atoms with van der Waals surface area (Å²) in [5.74, 6) is -0.769. The molecular weight excluding hydrogens is 146 g/mol. The minimum atomic E-state index is -2.41. The average molecular weight is 148 g/mol. The standard InChI is InChI=1S/C3H3NO4S/c5-3-4-2(1-8-3)9(6)7/h1H,(H,4,5)(H,6,7)/p-1. The Labute approximate surface area is 52.0 Å².